The number of carbonyl (C=O) groups is 3. The smallest absolute Gasteiger partial charge is 0.306 e. The van der Waals surface area contributed by atoms with Crippen LogP contribution < -0.4 is 27.4 Å². The third-order valence-corrected chi connectivity index (χ3v) is 5.18. The van der Waals surface area contributed by atoms with E-state index < -0.39 is 30.1 Å². The lowest BCUT2D eigenvalue weighted by atomic mass is 9.92. The summed E-state index contributed by atoms with van der Waals surface area (Å²) in [7, 11) is 0. The topological polar surface area (TPSA) is 160 Å². The van der Waals surface area contributed by atoms with E-state index in [4.69, 9.17) is 11.5 Å². The van der Waals surface area contributed by atoms with E-state index in [1.54, 1.807) is 0 Å². The van der Waals surface area contributed by atoms with Gasteiger partial charge in [0, 0.05) is 24.9 Å². The van der Waals surface area contributed by atoms with E-state index in [2.05, 4.69) is 22.9 Å². The maximum atomic E-state index is 12.9. The number of carbonyl (C=O) groups excluding carboxylic acids is 2. The van der Waals surface area contributed by atoms with Crippen LogP contribution in [0.4, 0.5) is 0 Å². The number of hydrogen-bond donors (Lipinski definition) is 6. The van der Waals surface area contributed by atoms with E-state index in [1.165, 1.54) is 6.92 Å². The van der Waals surface area contributed by atoms with Crippen molar-refractivity contribution in [2.45, 2.75) is 83.7 Å². The minimum Gasteiger partial charge on any atom is -0.481 e. The van der Waals surface area contributed by atoms with Gasteiger partial charge < -0.3 is 27.2 Å². The second-order valence-electron chi connectivity index (χ2n) is 7.40. The number of hydrogen-bond acceptors (Lipinski definition) is 6. The fourth-order valence-electron chi connectivity index (χ4n) is 3.79. The molecule has 0 aromatic carbocycles. The van der Waals surface area contributed by atoms with Gasteiger partial charge in [0.05, 0.1) is 5.92 Å². The van der Waals surface area contributed by atoms with Gasteiger partial charge in [-0.2, -0.15) is 0 Å². The second-order valence-corrected chi connectivity index (χ2v) is 7.40. The maximum Gasteiger partial charge on any atom is 0.306 e. The number of carboxylic acid groups (broad SMARTS) is 1. The highest BCUT2D eigenvalue weighted by atomic mass is 16.4. The van der Waals surface area contributed by atoms with Crippen molar-refractivity contribution in [1.82, 2.24) is 16.0 Å². The lowest BCUT2D eigenvalue weighted by Crippen LogP contribution is -2.58. The SMILES string of the molecule is CCCCC(CC)NC(=O)C(NC(C)=O)C1CC(C(=O)O)CC1NC(N)N. The molecule has 0 radical (unpaired) electrons. The standard InChI is InChI=1S/C18H35N5O4/c1-4-6-7-12(5-2)22-16(25)15(21-10(3)24)13-8-11(17(26)27)9-14(13)23-18(19)20/h11-15,18,23H,4-9,19-20H2,1-3H3,(H,21,24)(H,22,25)(H,26,27). The van der Waals surface area contributed by atoms with Crippen LogP contribution in [-0.4, -0.2) is 47.3 Å². The molecule has 0 aliphatic heterocycles. The van der Waals surface area contributed by atoms with Gasteiger partial charge >= 0.3 is 5.97 Å². The van der Waals surface area contributed by atoms with Crippen LogP contribution in [0.3, 0.4) is 0 Å². The van der Waals surface area contributed by atoms with Crippen LogP contribution in [0.2, 0.25) is 0 Å². The van der Waals surface area contributed by atoms with Crippen LogP contribution in [0.25, 0.3) is 0 Å². The molecule has 5 unspecified atom stereocenters. The third-order valence-electron chi connectivity index (χ3n) is 5.18. The maximum absolute atomic E-state index is 12.9. The van der Waals surface area contributed by atoms with Gasteiger partial charge in [-0.15, -0.1) is 0 Å². The van der Waals surface area contributed by atoms with E-state index >= 15 is 0 Å². The lowest BCUT2D eigenvalue weighted by molar-refractivity contribution is -0.141. The third kappa shape index (κ3) is 7.43. The average Bonchev–Trinajstić information content (AvgIpc) is 2.99. The molecule has 0 heterocycles. The molecular formula is C18H35N5O4. The van der Waals surface area contributed by atoms with Crippen LogP contribution in [0, 0.1) is 11.8 Å². The Morgan fingerprint density at radius 3 is 2.30 bits per heavy atom. The minimum absolute atomic E-state index is 0.0218. The molecule has 9 heteroatoms. The first-order valence-electron chi connectivity index (χ1n) is 9.77. The van der Waals surface area contributed by atoms with Crippen molar-refractivity contribution in [2.75, 3.05) is 0 Å². The summed E-state index contributed by atoms with van der Waals surface area (Å²) in [5.41, 5.74) is 11.2. The largest absolute Gasteiger partial charge is 0.481 e. The van der Waals surface area contributed by atoms with Gasteiger partial charge in [-0.25, -0.2) is 0 Å². The molecule has 0 saturated heterocycles. The van der Waals surface area contributed by atoms with Crippen molar-refractivity contribution < 1.29 is 19.5 Å². The number of nitrogens with two attached hydrogens (primary N) is 2. The van der Waals surface area contributed by atoms with Crippen molar-refractivity contribution in [2.24, 2.45) is 23.3 Å². The molecule has 0 bridgehead atoms. The summed E-state index contributed by atoms with van der Waals surface area (Å²) in [4.78, 5) is 36.1. The molecule has 0 aromatic heterocycles. The van der Waals surface area contributed by atoms with Gasteiger partial charge in [-0.05, 0) is 25.7 Å². The zero-order valence-corrected chi connectivity index (χ0v) is 16.5. The van der Waals surface area contributed by atoms with Crippen molar-refractivity contribution in [1.29, 1.82) is 0 Å². The van der Waals surface area contributed by atoms with Gasteiger partial charge in [0.2, 0.25) is 11.8 Å². The molecule has 1 aliphatic carbocycles. The monoisotopic (exact) mass is 385 g/mol. The molecular weight excluding hydrogens is 350 g/mol. The van der Waals surface area contributed by atoms with Crippen molar-refractivity contribution in [3.05, 3.63) is 0 Å². The van der Waals surface area contributed by atoms with Gasteiger partial charge in [-0.1, -0.05) is 26.7 Å². The molecule has 0 spiro atoms. The molecule has 156 valence electrons. The molecule has 1 rings (SSSR count). The highest BCUT2D eigenvalue weighted by Gasteiger charge is 2.45. The number of unbranched alkanes of at least 4 members (excludes halogenated alkanes) is 1. The number of carboxylic acids is 1. The first kappa shape index (κ1) is 23.3. The van der Waals surface area contributed by atoms with Crippen molar-refractivity contribution in [3.63, 3.8) is 0 Å². The average molecular weight is 386 g/mol. The first-order valence-corrected chi connectivity index (χ1v) is 9.77. The summed E-state index contributed by atoms with van der Waals surface area (Å²) in [6.07, 6.45) is 3.43. The number of amides is 2. The number of nitrogens with one attached hydrogen (secondary N) is 3. The van der Waals surface area contributed by atoms with Crippen LogP contribution in [0.15, 0.2) is 0 Å². The highest BCUT2D eigenvalue weighted by Crippen LogP contribution is 2.34. The molecule has 0 aromatic rings. The van der Waals surface area contributed by atoms with E-state index in [-0.39, 0.29) is 30.3 Å². The van der Waals surface area contributed by atoms with Crippen LogP contribution in [0.1, 0.15) is 59.3 Å². The summed E-state index contributed by atoms with van der Waals surface area (Å²) in [6.45, 7) is 5.43. The summed E-state index contributed by atoms with van der Waals surface area (Å²) in [5.74, 6) is -2.58. The molecule has 1 saturated carbocycles. The van der Waals surface area contributed by atoms with Crippen molar-refractivity contribution in [3.8, 4) is 0 Å². The molecule has 9 nitrogen and oxygen atoms in total. The van der Waals surface area contributed by atoms with Gasteiger partial charge in [0.15, 0.2) is 0 Å². The van der Waals surface area contributed by atoms with Gasteiger partial charge in [-0.3, -0.25) is 19.7 Å². The molecule has 5 atom stereocenters. The normalized spacial score (nSPS) is 24.4. The number of rotatable bonds is 11. The lowest BCUT2D eigenvalue weighted by Gasteiger charge is -2.31. The summed E-state index contributed by atoms with van der Waals surface area (Å²) in [6, 6.07) is -1.18. The fourth-order valence-corrected chi connectivity index (χ4v) is 3.79. The molecule has 1 fully saturated rings. The quantitative estimate of drug-likeness (QED) is 0.270. The molecule has 2 amide bonds. The molecule has 8 N–H and O–H groups in total. The van der Waals surface area contributed by atoms with E-state index in [9.17, 15) is 19.5 Å². The predicted octanol–water partition coefficient (Wildman–Crippen LogP) is -0.154. The van der Waals surface area contributed by atoms with E-state index in [1.807, 2.05) is 6.92 Å². The van der Waals surface area contributed by atoms with Gasteiger partial charge in [0.1, 0.15) is 12.3 Å². The zero-order chi connectivity index (χ0) is 20.6. The van der Waals surface area contributed by atoms with E-state index in [0.717, 1.165) is 25.7 Å². The van der Waals surface area contributed by atoms with Crippen LogP contribution >= 0.6 is 0 Å². The second kappa shape index (κ2) is 11.2. The Balaban J connectivity index is 2.98. The molecule has 27 heavy (non-hydrogen) atoms. The Kier molecular flexibility index (Phi) is 9.68. The Bertz CT molecular complexity index is 514. The minimum atomic E-state index is -0.925. The highest BCUT2D eigenvalue weighted by molar-refractivity contribution is 5.87. The van der Waals surface area contributed by atoms with E-state index in [0.29, 0.717) is 6.42 Å². The van der Waals surface area contributed by atoms with Crippen molar-refractivity contribution >= 4 is 17.8 Å². The Morgan fingerprint density at radius 1 is 1.15 bits per heavy atom. The predicted molar refractivity (Wildman–Crippen MR) is 102 cm³/mol. The van der Waals surface area contributed by atoms with Crippen LogP contribution in [0.5, 0.6) is 0 Å². The van der Waals surface area contributed by atoms with Crippen LogP contribution in [-0.2, 0) is 14.4 Å². The summed E-state index contributed by atoms with van der Waals surface area (Å²) < 4.78 is 0. The first-order chi connectivity index (χ1) is 12.7. The fraction of sp³-hybridized carbons (Fsp3) is 0.833. The summed E-state index contributed by atoms with van der Waals surface area (Å²) in [5, 5.41) is 18.1. The Morgan fingerprint density at radius 2 is 1.81 bits per heavy atom. The van der Waals surface area contributed by atoms with Gasteiger partial charge in [0.25, 0.3) is 0 Å². The Hall–Kier alpha value is -1.71. The molecule has 1 aliphatic rings. The zero-order valence-electron chi connectivity index (χ0n) is 16.5. The number of aliphatic carboxylic acids is 1. The summed E-state index contributed by atoms with van der Waals surface area (Å²) >= 11 is 0. The Labute approximate surface area is 161 Å².